The van der Waals surface area contributed by atoms with Gasteiger partial charge in [-0.2, -0.15) is 0 Å². The Morgan fingerprint density at radius 3 is 3.06 bits per heavy atom. The van der Waals surface area contributed by atoms with Gasteiger partial charge in [0.15, 0.2) is 0 Å². The number of furan rings is 1. The quantitative estimate of drug-likeness (QED) is 0.769. The molecule has 0 aliphatic heterocycles. The molecule has 84 valence electrons. The van der Waals surface area contributed by atoms with E-state index < -0.39 is 0 Å². The fourth-order valence-corrected chi connectivity index (χ4v) is 1.64. The van der Waals surface area contributed by atoms with Gasteiger partial charge in [0.05, 0.1) is 18.8 Å². The number of alkyl halides is 1. The van der Waals surface area contributed by atoms with Crippen LogP contribution >= 0.6 is 11.6 Å². The van der Waals surface area contributed by atoms with Crippen LogP contribution < -0.4 is 4.74 Å². The zero-order chi connectivity index (χ0) is 11.4. The maximum atomic E-state index is 6.18. The minimum atomic E-state index is -0.227. The molecule has 0 saturated heterocycles. The summed E-state index contributed by atoms with van der Waals surface area (Å²) in [5.41, 5.74) is 0.822. The van der Waals surface area contributed by atoms with E-state index in [0.717, 1.165) is 11.5 Å². The van der Waals surface area contributed by atoms with Crippen LogP contribution in [0.5, 0.6) is 5.88 Å². The molecule has 0 bridgehead atoms. The van der Waals surface area contributed by atoms with Gasteiger partial charge in [-0.1, -0.05) is 0 Å². The first kappa shape index (κ1) is 11.0. The first-order chi connectivity index (χ1) is 7.79. The maximum Gasteiger partial charge on any atom is 0.216 e. The van der Waals surface area contributed by atoms with E-state index in [9.17, 15) is 0 Å². The Hall–Kier alpha value is -1.55. The summed E-state index contributed by atoms with van der Waals surface area (Å²) in [5.74, 6) is 1.27. The van der Waals surface area contributed by atoms with Crippen LogP contribution in [0.1, 0.15) is 16.8 Å². The van der Waals surface area contributed by atoms with Gasteiger partial charge in [0.2, 0.25) is 5.88 Å². The molecule has 0 aliphatic rings. The molecule has 5 heteroatoms. The number of halogens is 1. The van der Waals surface area contributed by atoms with Gasteiger partial charge >= 0.3 is 0 Å². The van der Waals surface area contributed by atoms with E-state index in [1.54, 1.807) is 19.4 Å². The monoisotopic (exact) mass is 238 g/mol. The zero-order valence-electron chi connectivity index (χ0n) is 8.76. The van der Waals surface area contributed by atoms with Crippen LogP contribution in [0.15, 0.2) is 35.2 Å². The van der Waals surface area contributed by atoms with Crippen LogP contribution in [-0.4, -0.2) is 17.1 Å². The lowest BCUT2D eigenvalue weighted by atomic mass is 10.2. The van der Waals surface area contributed by atoms with E-state index in [1.807, 2.05) is 12.1 Å². The molecule has 4 nitrogen and oxygen atoms in total. The second-order valence-corrected chi connectivity index (χ2v) is 3.77. The molecule has 0 aromatic carbocycles. The van der Waals surface area contributed by atoms with E-state index >= 15 is 0 Å². The fraction of sp³-hybridized carbons (Fsp3) is 0.273. The largest absolute Gasteiger partial charge is 0.481 e. The van der Waals surface area contributed by atoms with E-state index in [2.05, 4.69) is 9.97 Å². The molecular weight excluding hydrogens is 228 g/mol. The molecule has 2 rings (SSSR count). The van der Waals surface area contributed by atoms with Gasteiger partial charge < -0.3 is 9.15 Å². The molecule has 0 amide bonds. The Kier molecular flexibility index (Phi) is 3.41. The van der Waals surface area contributed by atoms with Crippen molar-refractivity contribution < 1.29 is 9.15 Å². The minimum Gasteiger partial charge on any atom is -0.481 e. The van der Waals surface area contributed by atoms with Gasteiger partial charge in [-0.15, -0.1) is 11.6 Å². The molecule has 16 heavy (non-hydrogen) atoms. The maximum absolute atomic E-state index is 6.18. The predicted octanol–water partition coefficient (Wildman–Crippen LogP) is 2.60. The highest BCUT2D eigenvalue weighted by molar-refractivity contribution is 6.20. The average Bonchev–Trinajstić information content (AvgIpc) is 2.83. The standard InChI is InChI=1S/C11H11ClN2O2/c1-15-11-6-8(13-7-14-11)5-9(12)10-3-2-4-16-10/h2-4,6-7,9H,5H2,1H3. The van der Waals surface area contributed by atoms with Crippen molar-refractivity contribution in [1.82, 2.24) is 9.97 Å². The van der Waals surface area contributed by atoms with Gasteiger partial charge in [0.25, 0.3) is 0 Å². The predicted molar refractivity (Wildman–Crippen MR) is 59.6 cm³/mol. The van der Waals surface area contributed by atoms with Crippen molar-refractivity contribution >= 4 is 11.6 Å². The van der Waals surface area contributed by atoms with Gasteiger partial charge in [-0.25, -0.2) is 9.97 Å². The van der Waals surface area contributed by atoms with Gasteiger partial charge in [0, 0.05) is 18.2 Å². The van der Waals surface area contributed by atoms with Gasteiger partial charge in [-0.05, 0) is 12.1 Å². The van der Waals surface area contributed by atoms with Crippen molar-refractivity contribution in [2.45, 2.75) is 11.8 Å². The van der Waals surface area contributed by atoms with Crippen LogP contribution in [0, 0.1) is 0 Å². The van der Waals surface area contributed by atoms with Crippen LogP contribution in [0.4, 0.5) is 0 Å². The zero-order valence-corrected chi connectivity index (χ0v) is 9.52. The molecule has 0 radical (unpaired) electrons. The normalized spacial score (nSPS) is 12.4. The lowest BCUT2D eigenvalue weighted by Gasteiger charge is -2.06. The Morgan fingerprint density at radius 1 is 1.50 bits per heavy atom. The molecule has 0 saturated carbocycles. The van der Waals surface area contributed by atoms with Gasteiger partial charge in [-0.3, -0.25) is 0 Å². The highest BCUT2D eigenvalue weighted by Gasteiger charge is 2.12. The SMILES string of the molecule is COc1cc(CC(Cl)c2ccco2)ncn1. The first-order valence-corrected chi connectivity index (χ1v) is 5.25. The summed E-state index contributed by atoms with van der Waals surface area (Å²) in [6.07, 6.45) is 3.64. The molecule has 0 N–H and O–H groups in total. The second-order valence-electron chi connectivity index (χ2n) is 3.24. The Morgan fingerprint density at radius 2 is 2.38 bits per heavy atom. The highest BCUT2D eigenvalue weighted by Crippen LogP contribution is 2.25. The summed E-state index contributed by atoms with van der Waals surface area (Å²) in [7, 11) is 1.57. The number of nitrogens with zero attached hydrogens (tertiary/aromatic N) is 2. The van der Waals surface area contributed by atoms with Crippen LogP contribution in [0.3, 0.4) is 0 Å². The van der Waals surface area contributed by atoms with Crippen LogP contribution in [-0.2, 0) is 6.42 Å². The van der Waals surface area contributed by atoms with Gasteiger partial charge in [0.1, 0.15) is 12.1 Å². The van der Waals surface area contributed by atoms with Crippen molar-refractivity contribution in [2.24, 2.45) is 0 Å². The molecular formula is C11H11ClN2O2. The third-order valence-corrected chi connectivity index (χ3v) is 2.52. The van der Waals surface area contributed by atoms with Crippen molar-refractivity contribution in [3.8, 4) is 5.88 Å². The number of rotatable bonds is 4. The number of ether oxygens (including phenoxy) is 1. The molecule has 2 aromatic heterocycles. The summed E-state index contributed by atoms with van der Waals surface area (Å²) in [5, 5.41) is -0.227. The Balaban J connectivity index is 2.08. The van der Waals surface area contributed by atoms with E-state index in [4.69, 9.17) is 20.8 Å². The lowest BCUT2D eigenvalue weighted by Crippen LogP contribution is -1.99. The third kappa shape index (κ3) is 2.52. The Labute approximate surface area is 98.2 Å². The van der Waals surface area contributed by atoms with Crippen molar-refractivity contribution in [1.29, 1.82) is 0 Å². The topological polar surface area (TPSA) is 48.2 Å². The third-order valence-electron chi connectivity index (χ3n) is 2.15. The minimum absolute atomic E-state index is 0.227. The molecule has 1 atom stereocenters. The molecule has 1 unspecified atom stereocenters. The molecule has 2 aromatic rings. The first-order valence-electron chi connectivity index (χ1n) is 4.82. The number of methoxy groups -OCH3 is 1. The van der Waals surface area contributed by atoms with Crippen molar-refractivity contribution in [2.75, 3.05) is 7.11 Å². The smallest absolute Gasteiger partial charge is 0.216 e. The fourth-order valence-electron chi connectivity index (χ4n) is 1.35. The van der Waals surface area contributed by atoms with E-state index in [-0.39, 0.29) is 5.38 Å². The number of aromatic nitrogens is 2. The highest BCUT2D eigenvalue weighted by atomic mass is 35.5. The van der Waals surface area contributed by atoms with E-state index in [0.29, 0.717) is 12.3 Å². The van der Waals surface area contributed by atoms with Crippen LogP contribution in [0.2, 0.25) is 0 Å². The molecule has 0 spiro atoms. The second kappa shape index (κ2) is 4.99. The average molecular weight is 239 g/mol. The molecule has 2 heterocycles. The lowest BCUT2D eigenvalue weighted by molar-refractivity contribution is 0.395. The molecule has 0 fully saturated rings. The summed E-state index contributed by atoms with van der Waals surface area (Å²) in [6.45, 7) is 0. The summed E-state index contributed by atoms with van der Waals surface area (Å²) >= 11 is 6.18. The summed E-state index contributed by atoms with van der Waals surface area (Å²) < 4.78 is 10.2. The number of hydrogen-bond acceptors (Lipinski definition) is 4. The summed E-state index contributed by atoms with van der Waals surface area (Å²) in [4.78, 5) is 8.05. The van der Waals surface area contributed by atoms with Crippen molar-refractivity contribution in [3.05, 3.63) is 42.2 Å². The Bertz CT molecular complexity index is 445. The van der Waals surface area contributed by atoms with Crippen molar-refractivity contribution in [3.63, 3.8) is 0 Å². The number of hydrogen-bond donors (Lipinski definition) is 0. The summed E-state index contributed by atoms with van der Waals surface area (Å²) in [6, 6.07) is 5.42. The van der Waals surface area contributed by atoms with Crippen LogP contribution in [0.25, 0.3) is 0 Å². The molecule has 0 aliphatic carbocycles. The van der Waals surface area contributed by atoms with E-state index in [1.165, 1.54) is 6.33 Å².